The Kier molecular flexibility index (Phi) is 6.01. The van der Waals surface area contributed by atoms with Crippen LogP contribution in [0.2, 0.25) is 0 Å². The van der Waals surface area contributed by atoms with Crippen LogP contribution in [0.3, 0.4) is 0 Å². The average Bonchev–Trinajstić information content (AvgIpc) is 3.34. The van der Waals surface area contributed by atoms with Crippen molar-refractivity contribution in [2.45, 2.75) is 11.4 Å². The molecular weight excluding hydrogens is 455 g/mol. The second kappa shape index (κ2) is 9.11. The van der Waals surface area contributed by atoms with E-state index in [0.717, 1.165) is 40.1 Å². The number of carbonyl (C=O) groups is 1. The molecule has 0 aliphatic carbocycles. The molecule has 0 radical (unpaired) electrons. The summed E-state index contributed by atoms with van der Waals surface area (Å²) in [6, 6.07) is 8.75. The number of anilines is 1. The SMILES string of the molecule is CNC(=O)c1cc(F)c(N2CCN(Cc3cnc4c(c3)[nH]c(=O)n3cccc43)CC2)c(SC)c1. The summed E-state index contributed by atoms with van der Waals surface area (Å²) in [5, 5.41) is 2.55. The predicted octanol–water partition coefficient (Wildman–Crippen LogP) is 2.72. The van der Waals surface area contributed by atoms with E-state index < -0.39 is 0 Å². The minimum Gasteiger partial charge on any atom is -0.366 e. The third-order valence-corrected chi connectivity index (χ3v) is 6.98. The van der Waals surface area contributed by atoms with Crippen LogP contribution in [0.4, 0.5) is 10.1 Å². The molecule has 2 N–H and O–H groups in total. The summed E-state index contributed by atoms with van der Waals surface area (Å²) in [6.07, 6.45) is 5.46. The molecule has 1 aliphatic rings. The molecule has 1 aromatic carbocycles. The van der Waals surface area contributed by atoms with Crippen LogP contribution in [0.25, 0.3) is 16.6 Å². The largest absolute Gasteiger partial charge is 0.366 e. The number of amides is 1. The Labute approximate surface area is 199 Å². The van der Waals surface area contributed by atoms with Crippen molar-refractivity contribution in [1.29, 1.82) is 0 Å². The highest BCUT2D eigenvalue weighted by molar-refractivity contribution is 7.98. The second-order valence-electron chi connectivity index (χ2n) is 8.28. The lowest BCUT2D eigenvalue weighted by molar-refractivity contribution is 0.0962. The van der Waals surface area contributed by atoms with Gasteiger partial charge in [0, 0.05) is 62.6 Å². The molecule has 1 aliphatic heterocycles. The maximum atomic E-state index is 15.0. The van der Waals surface area contributed by atoms with Crippen LogP contribution in [0.5, 0.6) is 0 Å². The highest BCUT2D eigenvalue weighted by atomic mass is 32.2. The van der Waals surface area contributed by atoms with Crippen LogP contribution in [0, 0.1) is 5.82 Å². The number of aromatic amines is 1. The molecule has 34 heavy (non-hydrogen) atoms. The molecule has 8 nitrogen and oxygen atoms in total. The summed E-state index contributed by atoms with van der Waals surface area (Å²) in [5.74, 6) is -0.674. The molecule has 1 fully saturated rings. The van der Waals surface area contributed by atoms with Crippen molar-refractivity contribution in [1.82, 2.24) is 24.6 Å². The monoisotopic (exact) mass is 480 g/mol. The van der Waals surface area contributed by atoms with E-state index in [1.807, 2.05) is 35.6 Å². The van der Waals surface area contributed by atoms with Crippen molar-refractivity contribution in [3.63, 3.8) is 0 Å². The lowest BCUT2D eigenvalue weighted by Gasteiger charge is -2.37. The summed E-state index contributed by atoms with van der Waals surface area (Å²) in [4.78, 5) is 36.9. The molecule has 1 amide bonds. The Bertz CT molecular complexity index is 1440. The number of hydrogen-bond donors (Lipinski definition) is 2. The molecule has 10 heteroatoms. The number of halogens is 1. The van der Waals surface area contributed by atoms with Gasteiger partial charge in [-0.05, 0) is 42.2 Å². The van der Waals surface area contributed by atoms with Crippen molar-refractivity contribution in [2.24, 2.45) is 0 Å². The summed E-state index contributed by atoms with van der Waals surface area (Å²) < 4.78 is 16.6. The molecule has 1 saturated heterocycles. The van der Waals surface area contributed by atoms with E-state index in [9.17, 15) is 9.59 Å². The lowest BCUT2D eigenvalue weighted by atomic mass is 10.1. The molecule has 5 rings (SSSR count). The van der Waals surface area contributed by atoms with Gasteiger partial charge in [-0.15, -0.1) is 11.8 Å². The van der Waals surface area contributed by atoms with Crippen molar-refractivity contribution >= 4 is 39.9 Å². The predicted molar refractivity (Wildman–Crippen MR) is 132 cm³/mol. The number of nitrogens with one attached hydrogen (secondary N) is 2. The Hall–Kier alpha value is -3.37. The van der Waals surface area contributed by atoms with Crippen molar-refractivity contribution < 1.29 is 9.18 Å². The third-order valence-electron chi connectivity index (χ3n) is 6.23. The standard InChI is InChI=1S/C24H25FN6O2S/c1-26-23(32)16-11-17(25)22(20(12-16)34-2)30-8-6-29(7-9-30)14-15-10-18-21(27-13-15)19-4-3-5-31(19)24(33)28-18/h3-5,10-13H,6-9,14H2,1-2H3,(H,26,32)(H,28,33). The van der Waals surface area contributed by atoms with Gasteiger partial charge in [-0.3, -0.25) is 19.1 Å². The minimum absolute atomic E-state index is 0.186. The van der Waals surface area contributed by atoms with Crippen LogP contribution in [-0.2, 0) is 6.54 Å². The average molecular weight is 481 g/mol. The summed E-state index contributed by atoms with van der Waals surface area (Å²) in [7, 11) is 1.54. The lowest BCUT2D eigenvalue weighted by Crippen LogP contribution is -2.46. The minimum atomic E-state index is -0.377. The number of nitrogens with zero attached hydrogens (tertiary/aromatic N) is 4. The summed E-state index contributed by atoms with van der Waals surface area (Å²) in [6.45, 7) is 3.56. The third kappa shape index (κ3) is 4.03. The number of aromatic nitrogens is 3. The molecule has 4 aromatic rings. The second-order valence-corrected chi connectivity index (χ2v) is 9.13. The number of thioether (sulfide) groups is 1. The highest BCUT2D eigenvalue weighted by Crippen LogP contribution is 2.33. The first-order valence-corrected chi connectivity index (χ1v) is 12.3. The number of rotatable bonds is 5. The zero-order valence-electron chi connectivity index (χ0n) is 19.0. The van der Waals surface area contributed by atoms with Gasteiger partial charge in [0.1, 0.15) is 11.3 Å². The number of pyridine rings is 1. The molecule has 0 bridgehead atoms. The molecule has 0 unspecified atom stereocenters. The molecule has 176 valence electrons. The van der Waals surface area contributed by atoms with Gasteiger partial charge in [0.25, 0.3) is 5.91 Å². The first-order valence-electron chi connectivity index (χ1n) is 11.0. The van der Waals surface area contributed by atoms with E-state index in [1.54, 1.807) is 16.7 Å². The summed E-state index contributed by atoms with van der Waals surface area (Å²) in [5.41, 5.74) is 3.97. The van der Waals surface area contributed by atoms with Gasteiger partial charge in [-0.1, -0.05) is 0 Å². The first-order chi connectivity index (χ1) is 16.5. The number of carbonyl (C=O) groups excluding carboxylic acids is 1. The number of H-pyrrole nitrogens is 1. The van der Waals surface area contributed by atoms with Gasteiger partial charge in [0.05, 0.1) is 16.7 Å². The Morgan fingerprint density at radius 2 is 2.03 bits per heavy atom. The molecule has 0 atom stereocenters. The van der Waals surface area contributed by atoms with E-state index in [0.29, 0.717) is 30.9 Å². The zero-order chi connectivity index (χ0) is 23.8. The van der Waals surface area contributed by atoms with E-state index in [4.69, 9.17) is 0 Å². The zero-order valence-corrected chi connectivity index (χ0v) is 19.8. The van der Waals surface area contributed by atoms with Gasteiger partial charge in [-0.25, -0.2) is 9.18 Å². The molecular formula is C24H25FN6O2S. The fraction of sp³-hybridized carbons (Fsp3) is 0.292. The molecule has 3 aromatic heterocycles. The van der Waals surface area contributed by atoms with Gasteiger partial charge in [0.15, 0.2) is 0 Å². The van der Waals surface area contributed by atoms with Crippen LogP contribution in [0.15, 0.2) is 52.4 Å². The van der Waals surface area contributed by atoms with Gasteiger partial charge in [0.2, 0.25) is 0 Å². The summed E-state index contributed by atoms with van der Waals surface area (Å²) >= 11 is 1.44. The van der Waals surface area contributed by atoms with Crippen LogP contribution < -0.4 is 15.9 Å². The Morgan fingerprint density at radius 3 is 2.76 bits per heavy atom. The quantitative estimate of drug-likeness (QED) is 0.428. The maximum Gasteiger partial charge on any atom is 0.330 e. The van der Waals surface area contributed by atoms with Crippen molar-refractivity contribution in [3.05, 3.63) is 70.2 Å². The highest BCUT2D eigenvalue weighted by Gasteiger charge is 2.24. The van der Waals surface area contributed by atoms with E-state index in [-0.39, 0.29) is 17.4 Å². The Balaban J connectivity index is 1.31. The molecule has 0 spiro atoms. The van der Waals surface area contributed by atoms with E-state index in [2.05, 4.69) is 20.2 Å². The molecule has 0 saturated carbocycles. The fourth-order valence-electron chi connectivity index (χ4n) is 4.52. The number of hydrogen-bond acceptors (Lipinski definition) is 6. The van der Waals surface area contributed by atoms with Crippen LogP contribution in [0.1, 0.15) is 15.9 Å². The topological polar surface area (TPSA) is 85.7 Å². The van der Waals surface area contributed by atoms with E-state index in [1.165, 1.54) is 24.9 Å². The number of piperazine rings is 1. The molecule has 4 heterocycles. The Morgan fingerprint density at radius 1 is 1.24 bits per heavy atom. The smallest absolute Gasteiger partial charge is 0.330 e. The van der Waals surface area contributed by atoms with Crippen LogP contribution >= 0.6 is 11.8 Å². The van der Waals surface area contributed by atoms with Gasteiger partial charge >= 0.3 is 5.69 Å². The number of benzene rings is 1. The van der Waals surface area contributed by atoms with E-state index >= 15 is 4.39 Å². The van der Waals surface area contributed by atoms with Gasteiger partial charge < -0.3 is 15.2 Å². The van der Waals surface area contributed by atoms with Crippen molar-refractivity contribution in [3.8, 4) is 0 Å². The fourth-order valence-corrected chi connectivity index (χ4v) is 5.18. The maximum absolute atomic E-state index is 15.0. The normalized spacial score (nSPS) is 14.7. The first kappa shape index (κ1) is 22.4. The number of fused-ring (bicyclic) bond motifs is 3. The van der Waals surface area contributed by atoms with Crippen LogP contribution in [-0.4, -0.2) is 64.7 Å². The van der Waals surface area contributed by atoms with Gasteiger partial charge in [-0.2, -0.15) is 0 Å². The van der Waals surface area contributed by atoms with Crippen molar-refractivity contribution in [2.75, 3.05) is 44.4 Å².